The highest BCUT2D eigenvalue weighted by molar-refractivity contribution is 9.10. The molecule has 20 heavy (non-hydrogen) atoms. The first-order chi connectivity index (χ1) is 9.58. The molecule has 0 atom stereocenters. The number of carbonyl (C=O) groups is 1. The van der Waals surface area contributed by atoms with Crippen molar-refractivity contribution < 1.29 is 4.79 Å². The minimum atomic E-state index is 0.0200. The fourth-order valence-corrected chi connectivity index (χ4v) is 3.18. The van der Waals surface area contributed by atoms with E-state index in [1.165, 1.54) is 0 Å². The predicted molar refractivity (Wildman–Crippen MR) is 85.1 cm³/mol. The van der Waals surface area contributed by atoms with E-state index in [-0.39, 0.29) is 5.91 Å². The summed E-state index contributed by atoms with van der Waals surface area (Å²) >= 11 is 3.42. The Hall–Kier alpha value is -1.81. The second kappa shape index (κ2) is 4.94. The van der Waals surface area contributed by atoms with Crippen LogP contribution in [0.15, 0.2) is 40.9 Å². The highest BCUT2D eigenvalue weighted by atomic mass is 79.9. The van der Waals surface area contributed by atoms with Gasteiger partial charge in [0.05, 0.1) is 11.4 Å². The second-order valence-electron chi connectivity index (χ2n) is 5.02. The van der Waals surface area contributed by atoms with E-state index in [0.717, 1.165) is 33.3 Å². The van der Waals surface area contributed by atoms with Crippen molar-refractivity contribution in [1.82, 2.24) is 0 Å². The van der Waals surface area contributed by atoms with E-state index >= 15 is 0 Å². The number of nitrogens with zero attached hydrogens (tertiary/aromatic N) is 1. The normalized spacial score (nSPS) is 13.4. The number of para-hydroxylation sites is 1. The van der Waals surface area contributed by atoms with Gasteiger partial charge in [0.25, 0.3) is 5.91 Å². The molecule has 102 valence electrons. The SMILES string of the molecule is Cc1cc(Br)ccc1C(=O)N1CCc2cccc(N)c21. The van der Waals surface area contributed by atoms with Gasteiger partial charge in [-0.15, -0.1) is 0 Å². The number of fused-ring (bicyclic) bond motifs is 1. The van der Waals surface area contributed by atoms with Crippen molar-refractivity contribution in [3.8, 4) is 0 Å². The molecule has 0 fully saturated rings. The van der Waals surface area contributed by atoms with Crippen molar-refractivity contribution in [1.29, 1.82) is 0 Å². The van der Waals surface area contributed by atoms with Gasteiger partial charge in [0.2, 0.25) is 0 Å². The summed E-state index contributed by atoms with van der Waals surface area (Å²) in [4.78, 5) is 14.5. The van der Waals surface area contributed by atoms with Crippen LogP contribution in [0, 0.1) is 6.92 Å². The summed E-state index contributed by atoms with van der Waals surface area (Å²) in [6, 6.07) is 11.5. The fourth-order valence-electron chi connectivity index (χ4n) is 2.70. The Kier molecular flexibility index (Phi) is 3.26. The molecule has 1 aliphatic rings. The highest BCUT2D eigenvalue weighted by Crippen LogP contribution is 2.35. The maximum absolute atomic E-state index is 12.7. The zero-order chi connectivity index (χ0) is 14.3. The quantitative estimate of drug-likeness (QED) is 0.813. The minimum Gasteiger partial charge on any atom is -0.397 e. The third kappa shape index (κ3) is 2.10. The van der Waals surface area contributed by atoms with Gasteiger partial charge in [-0.2, -0.15) is 0 Å². The van der Waals surface area contributed by atoms with E-state index < -0.39 is 0 Å². The third-order valence-electron chi connectivity index (χ3n) is 3.69. The number of carbonyl (C=O) groups excluding carboxylic acids is 1. The lowest BCUT2D eigenvalue weighted by Gasteiger charge is -2.20. The summed E-state index contributed by atoms with van der Waals surface area (Å²) in [6.45, 7) is 2.64. The Morgan fingerprint density at radius 2 is 2.10 bits per heavy atom. The van der Waals surface area contributed by atoms with E-state index in [4.69, 9.17) is 5.73 Å². The fraction of sp³-hybridized carbons (Fsp3) is 0.188. The average Bonchev–Trinajstić information content (AvgIpc) is 2.83. The first-order valence-corrected chi connectivity index (χ1v) is 7.32. The molecule has 0 radical (unpaired) electrons. The molecule has 0 aromatic heterocycles. The van der Waals surface area contributed by atoms with Gasteiger partial charge in [0, 0.05) is 16.6 Å². The number of hydrogen-bond donors (Lipinski definition) is 1. The summed E-state index contributed by atoms with van der Waals surface area (Å²) in [7, 11) is 0. The minimum absolute atomic E-state index is 0.0200. The molecule has 3 rings (SSSR count). The van der Waals surface area contributed by atoms with Gasteiger partial charge in [0.1, 0.15) is 0 Å². The zero-order valence-electron chi connectivity index (χ0n) is 11.2. The van der Waals surface area contributed by atoms with E-state index in [0.29, 0.717) is 12.2 Å². The molecule has 2 aromatic carbocycles. The number of amides is 1. The van der Waals surface area contributed by atoms with E-state index in [9.17, 15) is 4.79 Å². The van der Waals surface area contributed by atoms with Crippen molar-refractivity contribution in [2.75, 3.05) is 17.2 Å². The topological polar surface area (TPSA) is 46.3 Å². The summed E-state index contributed by atoms with van der Waals surface area (Å²) in [5, 5.41) is 0. The molecule has 0 unspecified atom stereocenters. The Morgan fingerprint density at radius 1 is 1.30 bits per heavy atom. The molecule has 0 bridgehead atoms. The van der Waals surface area contributed by atoms with Crippen LogP contribution in [-0.2, 0) is 6.42 Å². The Balaban J connectivity index is 2.02. The summed E-state index contributed by atoms with van der Waals surface area (Å²) < 4.78 is 0.980. The molecule has 3 nitrogen and oxygen atoms in total. The average molecular weight is 331 g/mol. The number of benzene rings is 2. The molecule has 0 spiro atoms. The maximum Gasteiger partial charge on any atom is 0.258 e. The number of rotatable bonds is 1. The van der Waals surface area contributed by atoms with Crippen molar-refractivity contribution >= 4 is 33.2 Å². The van der Waals surface area contributed by atoms with E-state index in [1.54, 1.807) is 4.90 Å². The molecular formula is C16H15BrN2O. The summed E-state index contributed by atoms with van der Waals surface area (Å²) in [6.07, 6.45) is 0.863. The van der Waals surface area contributed by atoms with Gasteiger partial charge in [-0.3, -0.25) is 4.79 Å². The first kappa shape index (κ1) is 13.2. The van der Waals surface area contributed by atoms with Crippen LogP contribution in [0.5, 0.6) is 0 Å². The lowest BCUT2D eigenvalue weighted by atomic mass is 10.1. The van der Waals surface area contributed by atoms with Gasteiger partial charge in [-0.1, -0.05) is 28.1 Å². The van der Waals surface area contributed by atoms with Crippen LogP contribution in [0.3, 0.4) is 0 Å². The summed E-state index contributed by atoms with van der Waals surface area (Å²) in [5.41, 5.74) is 10.4. The molecule has 2 aromatic rings. The summed E-state index contributed by atoms with van der Waals surface area (Å²) in [5.74, 6) is 0.0200. The second-order valence-corrected chi connectivity index (χ2v) is 5.94. The van der Waals surface area contributed by atoms with Gasteiger partial charge in [-0.25, -0.2) is 0 Å². The zero-order valence-corrected chi connectivity index (χ0v) is 12.8. The molecule has 0 aliphatic carbocycles. The lowest BCUT2D eigenvalue weighted by Crippen LogP contribution is -2.30. The van der Waals surface area contributed by atoms with Crippen LogP contribution in [-0.4, -0.2) is 12.5 Å². The Morgan fingerprint density at radius 3 is 2.85 bits per heavy atom. The number of nitrogens with two attached hydrogens (primary N) is 1. The lowest BCUT2D eigenvalue weighted by molar-refractivity contribution is 0.0989. The number of aryl methyl sites for hydroxylation is 1. The third-order valence-corrected chi connectivity index (χ3v) is 4.18. The standard InChI is InChI=1S/C16H15BrN2O/c1-10-9-12(17)5-6-13(10)16(20)19-8-7-11-3-2-4-14(18)15(11)19/h2-6,9H,7-8,18H2,1H3. The highest BCUT2D eigenvalue weighted by Gasteiger charge is 2.28. The Labute approximate surface area is 126 Å². The number of hydrogen-bond acceptors (Lipinski definition) is 2. The number of nitrogen functional groups attached to an aromatic ring is 1. The van der Waals surface area contributed by atoms with Gasteiger partial charge in [0.15, 0.2) is 0 Å². The molecule has 2 N–H and O–H groups in total. The smallest absolute Gasteiger partial charge is 0.258 e. The van der Waals surface area contributed by atoms with Crippen LogP contribution >= 0.6 is 15.9 Å². The molecule has 1 heterocycles. The first-order valence-electron chi connectivity index (χ1n) is 6.53. The van der Waals surface area contributed by atoms with Gasteiger partial charge >= 0.3 is 0 Å². The molecule has 0 saturated heterocycles. The largest absolute Gasteiger partial charge is 0.397 e. The van der Waals surface area contributed by atoms with Gasteiger partial charge in [-0.05, 0) is 48.7 Å². The van der Waals surface area contributed by atoms with Gasteiger partial charge < -0.3 is 10.6 Å². The number of anilines is 2. The number of halogens is 1. The van der Waals surface area contributed by atoms with Crippen LogP contribution in [0.25, 0.3) is 0 Å². The molecule has 1 aliphatic heterocycles. The molecule has 1 amide bonds. The van der Waals surface area contributed by atoms with Crippen molar-refractivity contribution in [2.24, 2.45) is 0 Å². The molecular weight excluding hydrogens is 316 g/mol. The van der Waals surface area contributed by atoms with Crippen molar-refractivity contribution in [3.63, 3.8) is 0 Å². The monoisotopic (exact) mass is 330 g/mol. The predicted octanol–water partition coefficient (Wildman–Crippen LogP) is 3.54. The van der Waals surface area contributed by atoms with Crippen molar-refractivity contribution in [3.05, 3.63) is 57.6 Å². The van der Waals surface area contributed by atoms with Crippen LogP contribution in [0.2, 0.25) is 0 Å². The van der Waals surface area contributed by atoms with Crippen LogP contribution in [0.1, 0.15) is 21.5 Å². The van der Waals surface area contributed by atoms with Crippen LogP contribution < -0.4 is 10.6 Å². The Bertz CT molecular complexity index is 697. The van der Waals surface area contributed by atoms with Crippen molar-refractivity contribution in [2.45, 2.75) is 13.3 Å². The van der Waals surface area contributed by atoms with E-state index in [1.807, 2.05) is 43.3 Å². The van der Waals surface area contributed by atoms with E-state index in [2.05, 4.69) is 15.9 Å². The molecule has 4 heteroatoms. The maximum atomic E-state index is 12.7. The molecule has 0 saturated carbocycles. The van der Waals surface area contributed by atoms with Crippen LogP contribution in [0.4, 0.5) is 11.4 Å².